The van der Waals surface area contributed by atoms with Crippen LogP contribution in [-0.2, 0) is 9.53 Å². The van der Waals surface area contributed by atoms with E-state index >= 15 is 0 Å². The van der Waals surface area contributed by atoms with Gasteiger partial charge in [0.05, 0.1) is 5.56 Å². The molecule has 0 unspecified atom stereocenters. The second-order valence-corrected chi connectivity index (χ2v) is 5.06. The molecule has 22 heavy (non-hydrogen) atoms. The zero-order valence-corrected chi connectivity index (χ0v) is 12.5. The Hall–Kier alpha value is -2.62. The molecule has 0 saturated carbocycles. The quantitative estimate of drug-likeness (QED) is 0.834. The Balaban J connectivity index is 1.73. The molecule has 2 aromatic carbocycles. The Bertz CT molecular complexity index is 611. The van der Waals surface area contributed by atoms with Crippen molar-refractivity contribution in [2.45, 2.75) is 12.8 Å². The molecule has 4 nitrogen and oxygen atoms in total. The number of benzene rings is 2. The minimum atomic E-state index is -0.494. The van der Waals surface area contributed by atoms with Gasteiger partial charge in [-0.25, -0.2) is 4.79 Å². The number of nitrogens with one attached hydrogen (secondary N) is 1. The molecular weight excluding hydrogens is 278 g/mol. The first-order valence-electron chi connectivity index (χ1n) is 7.20. The molecule has 0 aromatic heterocycles. The molecule has 0 aliphatic rings. The van der Waals surface area contributed by atoms with Gasteiger partial charge in [0.1, 0.15) is 0 Å². The number of hydrogen-bond acceptors (Lipinski definition) is 3. The SMILES string of the molecule is C[C@H](CNC(=O)COC(=O)c1ccccc1)c1ccccc1. The Kier molecular flexibility index (Phi) is 5.72. The average molecular weight is 297 g/mol. The van der Waals surface area contributed by atoms with Crippen molar-refractivity contribution in [2.24, 2.45) is 0 Å². The Morgan fingerprint density at radius 3 is 2.23 bits per heavy atom. The van der Waals surface area contributed by atoms with E-state index in [9.17, 15) is 9.59 Å². The van der Waals surface area contributed by atoms with Crippen molar-refractivity contribution in [1.82, 2.24) is 5.32 Å². The van der Waals surface area contributed by atoms with E-state index in [1.54, 1.807) is 24.3 Å². The summed E-state index contributed by atoms with van der Waals surface area (Å²) < 4.78 is 4.98. The number of carbonyl (C=O) groups is 2. The van der Waals surface area contributed by atoms with Crippen LogP contribution in [0.2, 0.25) is 0 Å². The van der Waals surface area contributed by atoms with E-state index in [2.05, 4.69) is 5.32 Å². The fraction of sp³-hybridized carbons (Fsp3) is 0.222. The Labute approximate surface area is 130 Å². The van der Waals surface area contributed by atoms with E-state index < -0.39 is 5.97 Å². The summed E-state index contributed by atoms with van der Waals surface area (Å²) in [7, 11) is 0. The van der Waals surface area contributed by atoms with Gasteiger partial charge in [-0.05, 0) is 23.6 Å². The van der Waals surface area contributed by atoms with E-state index in [0.717, 1.165) is 5.56 Å². The lowest BCUT2D eigenvalue weighted by atomic mass is 10.0. The van der Waals surface area contributed by atoms with Crippen molar-refractivity contribution in [2.75, 3.05) is 13.2 Å². The van der Waals surface area contributed by atoms with Crippen molar-refractivity contribution in [1.29, 1.82) is 0 Å². The minimum Gasteiger partial charge on any atom is -0.452 e. The van der Waals surface area contributed by atoms with Gasteiger partial charge in [-0.2, -0.15) is 0 Å². The zero-order chi connectivity index (χ0) is 15.8. The first kappa shape index (κ1) is 15.8. The van der Waals surface area contributed by atoms with Gasteiger partial charge in [0.15, 0.2) is 6.61 Å². The summed E-state index contributed by atoms with van der Waals surface area (Å²) >= 11 is 0. The number of amides is 1. The molecule has 1 atom stereocenters. The van der Waals surface area contributed by atoms with Gasteiger partial charge < -0.3 is 10.1 Å². The summed E-state index contributed by atoms with van der Waals surface area (Å²) in [5.74, 6) is -0.589. The molecule has 1 N–H and O–H groups in total. The highest BCUT2D eigenvalue weighted by molar-refractivity contribution is 5.91. The molecule has 2 aromatic rings. The van der Waals surface area contributed by atoms with Crippen LogP contribution in [0.15, 0.2) is 60.7 Å². The van der Waals surface area contributed by atoms with Crippen molar-refractivity contribution >= 4 is 11.9 Å². The van der Waals surface area contributed by atoms with Crippen LogP contribution in [0.25, 0.3) is 0 Å². The topological polar surface area (TPSA) is 55.4 Å². The summed E-state index contributed by atoms with van der Waals surface area (Å²) in [6, 6.07) is 18.5. The fourth-order valence-corrected chi connectivity index (χ4v) is 2.01. The van der Waals surface area contributed by atoms with Crippen LogP contribution in [0.3, 0.4) is 0 Å². The van der Waals surface area contributed by atoms with E-state index in [4.69, 9.17) is 4.74 Å². The summed E-state index contributed by atoms with van der Waals surface area (Å²) in [4.78, 5) is 23.4. The average Bonchev–Trinajstić information content (AvgIpc) is 2.59. The number of carbonyl (C=O) groups excluding carboxylic acids is 2. The molecule has 1 amide bonds. The highest BCUT2D eigenvalue weighted by Gasteiger charge is 2.11. The number of esters is 1. The molecule has 0 radical (unpaired) electrons. The molecule has 2 rings (SSSR count). The van der Waals surface area contributed by atoms with Crippen LogP contribution in [-0.4, -0.2) is 25.0 Å². The second kappa shape index (κ2) is 7.98. The summed E-state index contributed by atoms with van der Waals surface area (Å²) in [5, 5.41) is 2.77. The number of rotatable bonds is 6. The van der Waals surface area contributed by atoms with Gasteiger partial charge in [-0.15, -0.1) is 0 Å². The van der Waals surface area contributed by atoms with E-state index in [1.807, 2.05) is 43.3 Å². The highest BCUT2D eigenvalue weighted by atomic mass is 16.5. The Morgan fingerprint density at radius 1 is 1.00 bits per heavy atom. The third-order valence-corrected chi connectivity index (χ3v) is 3.32. The molecule has 4 heteroatoms. The van der Waals surface area contributed by atoms with Crippen LogP contribution >= 0.6 is 0 Å². The monoisotopic (exact) mass is 297 g/mol. The molecule has 0 aliphatic carbocycles. The first-order valence-corrected chi connectivity index (χ1v) is 7.20. The van der Waals surface area contributed by atoms with E-state index in [1.165, 1.54) is 0 Å². The molecule has 0 aliphatic heterocycles. The van der Waals surface area contributed by atoms with E-state index in [-0.39, 0.29) is 18.4 Å². The molecule has 0 saturated heterocycles. The second-order valence-electron chi connectivity index (χ2n) is 5.06. The van der Waals surface area contributed by atoms with Crippen LogP contribution in [0, 0.1) is 0 Å². The molecule has 114 valence electrons. The summed E-state index contributed by atoms with van der Waals surface area (Å²) in [6.45, 7) is 2.27. The van der Waals surface area contributed by atoms with E-state index in [0.29, 0.717) is 12.1 Å². The minimum absolute atomic E-state index is 0.204. The van der Waals surface area contributed by atoms with Crippen LogP contribution in [0.4, 0.5) is 0 Å². The van der Waals surface area contributed by atoms with Crippen LogP contribution in [0.1, 0.15) is 28.8 Å². The van der Waals surface area contributed by atoms with Crippen molar-refractivity contribution in [3.63, 3.8) is 0 Å². The third-order valence-electron chi connectivity index (χ3n) is 3.32. The molecule has 0 fully saturated rings. The zero-order valence-electron chi connectivity index (χ0n) is 12.5. The third kappa shape index (κ3) is 4.74. The van der Waals surface area contributed by atoms with Gasteiger partial charge in [0, 0.05) is 6.54 Å². The van der Waals surface area contributed by atoms with Gasteiger partial charge in [-0.1, -0.05) is 55.5 Å². The van der Waals surface area contributed by atoms with Gasteiger partial charge in [0.2, 0.25) is 0 Å². The largest absolute Gasteiger partial charge is 0.452 e. The lowest BCUT2D eigenvalue weighted by Gasteiger charge is -2.13. The maximum absolute atomic E-state index is 11.7. The molecule has 0 bridgehead atoms. The lowest BCUT2D eigenvalue weighted by molar-refractivity contribution is -0.124. The fourth-order valence-electron chi connectivity index (χ4n) is 2.01. The lowest BCUT2D eigenvalue weighted by Crippen LogP contribution is -2.31. The molecule has 0 spiro atoms. The van der Waals surface area contributed by atoms with Crippen molar-refractivity contribution in [3.05, 3.63) is 71.8 Å². The Morgan fingerprint density at radius 2 is 1.59 bits per heavy atom. The van der Waals surface area contributed by atoms with Gasteiger partial charge in [-0.3, -0.25) is 4.79 Å². The van der Waals surface area contributed by atoms with Crippen molar-refractivity contribution < 1.29 is 14.3 Å². The maximum Gasteiger partial charge on any atom is 0.338 e. The number of ether oxygens (including phenoxy) is 1. The van der Waals surface area contributed by atoms with Gasteiger partial charge >= 0.3 is 5.97 Å². The molecular formula is C18H19NO3. The predicted octanol–water partition coefficient (Wildman–Crippen LogP) is 2.76. The summed E-state index contributed by atoms with van der Waals surface area (Å²) in [5.41, 5.74) is 1.59. The first-order chi connectivity index (χ1) is 10.7. The smallest absolute Gasteiger partial charge is 0.338 e. The summed E-state index contributed by atoms with van der Waals surface area (Å²) in [6.07, 6.45) is 0. The van der Waals surface area contributed by atoms with Crippen LogP contribution in [0.5, 0.6) is 0 Å². The van der Waals surface area contributed by atoms with Crippen molar-refractivity contribution in [3.8, 4) is 0 Å². The molecule has 0 heterocycles. The number of hydrogen-bond donors (Lipinski definition) is 1. The maximum atomic E-state index is 11.7. The van der Waals surface area contributed by atoms with Crippen LogP contribution < -0.4 is 5.32 Å². The standard InChI is InChI=1S/C18H19NO3/c1-14(15-8-4-2-5-9-15)12-19-17(20)13-22-18(21)16-10-6-3-7-11-16/h2-11,14H,12-13H2,1H3,(H,19,20)/t14-/m1/s1. The highest BCUT2D eigenvalue weighted by Crippen LogP contribution is 2.12. The van der Waals surface area contributed by atoms with Gasteiger partial charge in [0.25, 0.3) is 5.91 Å². The predicted molar refractivity (Wildman–Crippen MR) is 84.6 cm³/mol. The normalized spacial score (nSPS) is 11.5.